The van der Waals surface area contributed by atoms with Crippen molar-refractivity contribution >= 4 is 29.0 Å². The van der Waals surface area contributed by atoms with Crippen LogP contribution in [0.2, 0.25) is 10.0 Å². The molecule has 3 aromatic rings. The second kappa shape index (κ2) is 9.69. The van der Waals surface area contributed by atoms with E-state index in [2.05, 4.69) is 4.98 Å². The molecule has 170 valence electrons. The van der Waals surface area contributed by atoms with Gasteiger partial charge in [0.15, 0.2) is 5.78 Å². The molecule has 1 heterocycles. The van der Waals surface area contributed by atoms with Gasteiger partial charge in [-0.1, -0.05) is 36.2 Å². The lowest BCUT2D eigenvalue weighted by molar-refractivity contribution is -0.137. The second-order valence-electron chi connectivity index (χ2n) is 6.72. The number of ketones is 1. The third kappa shape index (κ3) is 5.21. The predicted molar refractivity (Wildman–Crippen MR) is 115 cm³/mol. The number of rotatable bonds is 7. The largest absolute Gasteiger partial charge is 0.457 e. The van der Waals surface area contributed by atoms with Gasteiger partial charge in [-0.3, -0.25) is 9.78 Å². The normalized spacial score (nSPS) is 13.0. The zero-order valence-electron chi connectivity index (χ0n) is 17.0. The zero-order valence-corrected chi connectivity index (χ0v) is 18.5. The molecule has 1 aromatic heterocycles. The molecule has 10 heteroatoms. The predicted octanol–water partition coefficient (Wildman–Crippen LogP) is 6.98. The van der Waals surface area contributed by atoms with Crippen LogP contribution < -0.4 is 9.47 Å². The van der Waals surface area contributed by atoms with Crippen LogP contribution in [0.1, 0.15) is 24.6 Å². The quantitative estimate of drug-likeness (QED) is 0.354. The minimum Gasteiger partial charge on any atom is -0.457 e. The maximum Gasteiger partial charge on any atom is 0.416 e. The number of nitrogens with zero attached hydrogens (tertiary/aromatic N) is 2. The van der Waals surface area contributed by atoms with Crippen molar-refractivity contribution in [2.45, 2.75) is 25.1 Å². The lowest BCUT2D eigenvalue weighted by Gasteiger charge is -2.26. The highest BCUT2D eigenvalue weighted by molar-refractivity contribution is 6.32. The third-order valence-electron chi connectivity index (χ3n) is 4.55. The number of Topliss-reactive ketones (excluding diaryl/α,β-unsaturated/α-hetero) is 1. The first-order valence-corrected chi connectivity index (χ1v) is 10.3. The number of halogens is 5. The van der Waals surface area contributed by atoms with E-state index in [0.29, 0.717) is 0 Å². The van der Waals surface area contributed by atoms with Gasteiger partial charge in [-0.2, -0.15) is 18.4 Å². The number of carbonyl (C=O) groups is 1. The standard InChI is InChI=1S/C23H15Cl2F3N2O3/c1-2-21(31)22(13-29,20-5-3-4-10-30-20)33-19-12-15(7-8-16(19)24)32-18-9-6-14(11-17(18)25)23(26,27)28/h3-12H,2H2,1H3. The summed E-state index contributed by atoms with van der Waals surface area (Å²) in [4.78, 5) is 16.8. The van der Waals surface area contributed by atoms with Crippen molar-refractivity contribution in [2.24, 2.45) is 0 Å². The lowest BCUT2D eigenvalue weighted by atomic mass is 9.93. The van der Waals surface area contributed by atoms with Gasteiger partial charge in [-0.05, 0) is 42.5 Å². The van der Waals surface area contributed by atoms with Crippen molar-refractivity contribution in [3.05, 3.63) is 82.1 Å². The molecule has 0 saturated heterocycles. The first-order valence-electron chi connectivity index (χ1n) is 9.50. The van der Waals surface area contributed by atoms with E-state index in [1.54, 1.807) is 19.1 Å². The maximum absolute atomic E-state index is 12.9. The van der Waals surface area contributed by atoms with Crippen molar-refractivity contribution in [3.8, 4) is 23.3 Å². The number of hydrogen-bond donors (Lipinski definition) is 0. The summed E-state index contributed by atoms with van der Waals surface area (Å²) in [6.07, 6.45) is -3.15. The van der Waals surface area contributed by atoms with E-state index in [4.69, 9.17) is 32.7 Å². The molecule has 3 rings (SSSR count). The summed E-state index contributed by atoms with van der Waals surface area (Å²) in [6, 6.07) is 13.4. The smallest absolute Gasteiger partial charge is 0.416 e. The Bertz CT molecular complexity index is 1210. The number of carbonyl (C=O) groups excluding carboxylic acids is 1. The van der Waals surface area contributed by atoms with Gasteiger partial charge in [0.25, 0.3) is 5.60 Å². The highest BCUT2D eigenvalue weighted by Crippen LogP contribution is 2.39. The molecule has 0 N–H and O–H groups in total. The fraction of sp³-hybridized carbons (Fsp3) is 0.174. The van der Waals surface area contributed by atoms with Crippen molar-refractivity contribution in [1.29, 1.82) is 5.26 Å². The molecule has 0 amide bonds. The molecule has 0 aliphatic rings. The van der Waals surface area contributed by atoms with Crippen LogP contribution in [0.4, 0.5) is 13.2 Å². The molecule has 0 fully saturated rings. The number of ether oxygens (including phenoxy) is 2. The van der Waals surface area contributed by atoms with Crippen LogP contribution in [-0.4, -0.2) is 10.8 Å². The van der Waals surface area contributed by atoms with Gasteiger partial charge in [0.05, 0.1) is 15.6 Å². The van der Waals surface area contributed by atoms with E-state index in [1.165, 1.54) is 30.5 Å². The average molecular weight is 495 g/mol. The van der Waals surface area contributed by atoms with Gasteiger partial charge in [0, 0.05) is 18.7 Å². The number of alkyl halides is 3. The molecule has 2 aromatic carbocycles. The highest BCUT2D eigenvalue weighted by Gasteiger charge is 2.44. The fourth-order valence-electron chi connectivity index (χ4n) is 2.89. The number of pyridine rings is 1. The first kappa shape index (κ1) is 24.4. The summed E-state index contributed by atoms with van der Waals surface area (Å²) in [5, 5.41) is 9.71. The Hall–Kier alpha value is -3.28. The lowest BCUT2D eigenvalue weighted by Crippen LogP contribution is -2.41. The second-order valence-corrected chi connectivity index (χ2v) is 7.54. The summed E-state index contributed by atoms with van der Waals surface area (Å²) in [7, 11) is 0. The summed E-state index contributed by atoms with van der Waals surface area (Å²) in [6.45, 7) is 1.58. The molecule has 0 saturated carbocycles. The van der Waals surface area contributed by atoms with E-state index in [0.717, 1.165) is 18.2 Å². The van der Waals surface area contributed by atoms with Crippen molar-refractivity contribution in [1.82, 2.24) is 4.98 Å². The minimum atomic E-state index is -4.55. The molecule has 5 nitrogen and oxygen atoms in total. The Morgan fingerprint density at radius 2 is 1.82 bits per heavy atom. The fourth-order valence-corrected chi connectivity index (χ4v) is 3.27. The number of aromatic nitrogens is 1. The van der Waals surface area contributed by atoms with Gasteiger partial charge in [-0.15, -0.1) is 0 Å². The molecule has 0 aliphatic heterocycles. The van der Waals surface area contributed by atoms with E-state index >= 15 is 0 Å². The van der Waals surface area contributed by atoms with Crippen LogP contribution in [-0.2, 0) is 16.6 Å². The van der Waals surface area contributed by atoms with Crippen LogP contribution in [0.5, 0.6) is 17.2 Å². The number of hydrogen-bond acceptors (Lipinski definition) is 5. The van der Waals surface area contributed by atoms with Gasteiger partial charge < -0.3 is 9.47 Å². The molecule has 0 aliphatic carbocycles. The highest BCUT2D eigenvalue weighted by atomic mass is 35.5. The summed E-state index contributed by atoms with van der Waals surface area (Å²) in [5.41, 5.74) is -2.91. The summed E-state index contributed by atoms with van der Waals surface area (Å²) < 4.78 is 50.0. The van der Waals surface area contributed by atoms with Crippen molar-refractivity contribution in [3.63, 3.8) is 0 Å². The van der Waals surface area contributed by atoms with Crippen LogP contribution >= 0.6 is 23.2 Å². The van der Waals surface area contributed by atoms with Crippen molar-refractivity contribution in [2.75, 3.05) is 0 Å². The Morgan fingerprint density at radius 1 is 1.06 bits per heavy atom. The SMILES string of the molecule is CCC(=O)C(C#N)(Oc1cc(Oc2ccc(C(F)(F)F)cc2Cl)ccc1Cl)c1ccccn1. The summed E-state index contributed by atoms with van der Waals surface area (Å²) >= 11 is 12.2. The minimum absolute atomic E-state index is 0.0148. The van der Waals surface area contributed by atoms with Crippen molar-refractivity contribution < 1.29 is 27.4 Å². The Balaban J connectivity index is 1.97. The topological polar surface area (TPSA) is 72.2 Å². The van der Waals surface area contributed by atoms with E-state index in [-0.39, 0.29) is 39.4 Å². The van der Waals surface area contributed by atoms with Crippen LogP contribution in [0.3, 0.4) is 0 Å². The molecule has 0 spiro atoms. The molecule has 0 radical (unpaired) electrons. The molecular weight excluding hydrogens is 480 g/mol. The van der Waals surface area contributed by atoms with Gasteiger partial charge in [-0.25, -0.2) is 0 Å². The van der Waals surface area contributed by atoms with E-state index in [1.807, 2.05) is 6.07 Å². The monoisotopic (exact) mass is 494 g/mol. The van der Waals surface area contributed by atoms with Gasteiger partial charge in [0.1, 0.15) is 29.0 Å². The third-order valence-corrected chi connectivity index (χ3v) is 5.16. The molecule has 1 atom stereocenters. The summed E-state index contributed by atoms with van der Waals surface area (Å²) in [5.74, 6) is -0.546. The maximum atomic E-state index is 12.9. The number of benzene rings is 2. The van der Waals surface area contributed by atoms with Gasteiger partial charge >= 0.3 is 6.18 Å². The molecule has 33 heavy (non-hydrogen) atoms. The molecule has 0 bridgehead atoms. The van der Waals surface area contributed by atoms with E-state index < -0.39 is 23.1 Å². The zero-order chi connectivity index (χ0) is 24.2. The van der Waals surface area contributed by atoms with Crippen LogP contribution in [0.15, 0.2) is 60.8 Å². The Labute approximate surface area is 197 Å². The Morgan fingerprint density at radius 3 is 2.39 bits per heavy atom. The molecule has 1 unspecified atom stereocenters. The molecular formula is C23H15Cl2F3N2O3. The number of nitriles is 1. The average Bonchev–Trinajstić information content (AvgIpc) is 2.80. The Kier molecular flexibility index (Phi) is 7.15. The van der Waals surface area contributed by atoms with Gasteiger partial charge in [0.2, 0.25) is 0 Å². The van der Waals surface area contributed by atoms with Crippen LogP contribution in [0, 0.1) is 11.3 Å². The van der Waals surface area contributed by atoms with E-state index in [9.17, 15) is 23.2 Å². The first-order chi connectivity index (χ1) is 15.6. The van der Waals surface area contributed by atoms with Crippen LogP contribution in [0.25, 0.3) is 0 Å².